The first-order chi connectivity index (χ1) is 19.1. The Labute approximate surface area is 250 Å². The van der Waals surface area contributed by atoms with E-state index in [-0.39, 0.29) is 66.4 Å². The zero-order chi connectivity index (χ0) is 28.6. The third-order valence-corrected chi connectivity index (χ3v) is 7.97. The third kappa shape index (κ3) is 6.67. The fraction of sp³-hybridized carbons (Fsp3) is 0.571. The lowest BCUT2D eigenvalue weighted by Crippen LogP contribution is -2.48. The Hall–Kier alpha value is -3.32. The molecule has 0 radical (unpaired) electrons. The predicted octanol–water partition coefficient (Wildman–Crippen LogP) is 4.61. The number of aromatic nitrogens is 2. The molecule has 0 spiro atoms. The highest BCUT2D eigenvalue weighted by Crippen LogP contribution is 2.40. The molecule has 1 saturated heterocycles. The molecule has 14 heteroatoms. The third-order valence-electron chi connectivity index (χ3n) is 7.97. The van der Waals surface area contributed by atoms with Crippen molar-refractivity contribution in [3.63, 3.8) is 0 Å². The van der Waals surface area contributed by atoms with Gasteiger partial charge in [-0.3, -0.25) is 9.59 Å². The van der Waals surface area contributed by atoms with E-state index in [1.54, 1.807) is 0 Å². The highest BCUT2D eigenvalue weighted by Gasteiger charge is 2.48. The number of carbonyl (C=O) groups excluding carboxylic acids is 2. The van der Waals surface area contributed by atoms with E-state index in [4.69, 9.17) is 4.74 Å². The first-order valence-electron chi connectivity index (χ1n) is 13.5. The fourth-order valence-corrected chi connectivity index (χ4v) is 5.63. The van der Waals surface area contributed by atoms with Crippen LogP contribution in [0, 0.1) is 5.82 Å². The largest absolute Gasteiger partial charge is 0.495 e. The van der Waals surface area contributed by atoms with Gasteiger partial charge in [0, 0.05) is 25.2 Å². The molecule has 0 bridgehead atoms. The van der Waals surface area contributed by atoms with Crippen LogP contribution in [0.15, 0.2) is 18.3 Å². The Morgan fingerprint density at radius 3 is 2.43 bits per heavy atom. The molecule has 232 valence electrons. The number of rotatable bonds is 6. The van der Waals surface area contributed by atoms with Gasteiger partial charge in [-0.1, -0.05) is 20.3 Å². The predicted molar refractivity (Wildman–Crippen MR) is 158 cm³/mol. The summed E-state index contributed by atoms with van der Waals surface area (Å²) >= 11 is 0. The molecule has 0 unspecified atom stereocenters. The minimum atomic E-state index is -3.60. The van der Waals surface area contributed by atoms with Crippen molar-refractivity contribution in [2.24, 2.45) is 0 Å². The van der Waals surface area contributed by atoms with Crippen LogP contribution in [0.1, 0.15) is 56.3 Å². The topological polar surface area (TPSA) is 103 Å². The van der Waals surface area contributed by atoms with Crippen molar-refractivity contribution in [2.45, 2.75) is 64.0 Å². The molecule has 1 aliphatic carbocycles. The van der Waals surface area contributed by atoms with Gasteiger partial charge in [-0.05, 0) is 51.9 Å². The summed E-state index contributed by atoms with van der Waals surface area (Å²) in [6.45, 7) is 0.906. The number of benzene rings is 1. The van der Waals surface area contributed by atoms with Gasteiger partial charge in [0.15, 0.2) is 5.82 Å². The number of anilines is 4. The molecule has 2 aliphatic heterocycles. The maximum absolute atomic E-state index is 15.2. The summed E-state index contributed by atoms with van der Waals surface area (Å²) in [4.78, 5) is 38.6. The number of fused-ring (bicyclic) bond motifs is 1. The fourth-order valence-electron chi connectivity index (χ4n) is 5.63. The molecule has 42 heavy (non-hydrogen) atoms. The molecule has 2 aromatic rings. The Morgan fingerprint density at radius 1 is 1.12 bits per heavy atom. The summed E-state index contributed by atoms with van der Waals surface area (Å²) in [6.07, 6.45) is 6.08. The lowest BCUT2D eigenvalue weighted by Gasteiger charge is -2.31. The number of amides is 2. The molecule has 1 aromatic heterocycles. The number of alkyl halides is 2. The van der Waals surface area contributed by atoms with Crippen LogP contribution in [0.5, 0.6) is 5.75 Å². The summed E-state index contributed by atoms with van der Waals surface area (Å²) < 4.78 is 50.3. The molecule has 1 aromatic carbocycles. The molecule has 10 nitrogen and oxygen atoms in total. The maximum Gasteiger partial charge on any atom is 0.342 e. The van der Waals surface area contributed by atoms with Crippen LogP contribution in [-0.2, 0) is 4.79 Å². The van der Waals surface area contributed by atoms with Gasteiger partial charge in [-0.2, -0.15) is 13.8 Å². The van der Waals surface area contributed by atoms with Crippen molar-refractivity contribution in [3.8, 4) is 5.75 Å². The SMILES string of the molecule is C.COc1cc(C(=O)NC2CCN(C)CC2)c(F)cc1Nc1ncc2c(n1)N(C1CCCC1)CC(F)(F)C(=O)N2C.Cl. The molecule has 2 fully saturated rings. The monoisotopic (exact) mass is 613 g/mol. The van der Waals surface area contributed by atoms with Crippen LogP contribution in [0.25, 0.3) is 0 Å². The van der Waals surface area contributed by atoms with Gasteiger partial charge in [-0.15, -0.1) is 12.4 Å². The lowest BCUT2D eigenvalue weighted by molar-refractivity contribution is -0.140. The van der Waals surface area contributed by atoms with Gasteiger partial charge in [0.25, 0.3) is 11.8 Å². The summed E-state index contributed by atoms with van der Waals surface area (Å²) in [6, 6.07) is 2.19. The minimum Gasteiger partial charge on any atom is -0.495 e. The zero-order valence-corrected chi connectivity index (χ0v) is 24.1. The Bertz CT molecular complexity index is 1290. The van der Waals surface area contributed by atoms with E-state index in [9.17, 15) is 18.4 Å². The molecule has 3 aliphatic rings. The van der Waals surface area contributed by atoms with E-state index < -0.39 is 30.1 Å². The average molecular weight is 614 g/mol. The summed E-state index contributed by atoms with van der Waals surface area (Å²) in [5.41, 5.74) is 0.171. The number of nitrogens with zero attached hydrogens (tertiary/aromatic N) is 5. The van der Waals surface area contributed by atoms with Crippen LogP contribution in [-0.4, -0.2) is 85.5 Å². The van der Waals surface area contributed by atoms with E-state index in [2.05, 4.69) is 25.5 Å². The molecule has 2 amide bonds. The standard InChI is InChI=1S/C27H34F3N7O3.CH4.ClH/c1-35-10-8-16(9-11-35)32-24(38)18-12-22(40-3)20(13-19(18)28)33-26-31-14-21-23(34-26)37(17-6-4-5-7-17)15-27(29,30)25(39)36(21)2;;/h12-14,16-17H,4-11,15H2,1-3H3,(H,32,38)(H,31,33,34);1H4;1H. The summed E-state index contributed by atoms with van der Waals surface area (Å²) in [5.74, 6) is -5.82. The van der Waals surface area contributed by atoms with Gasteiger partial charge in [0.1, 0.15) is 17.3 Å². The molecular weight excluding hydrogens is 575 g/mol. The van der Waals surface area contributed by atoms with E-state index >= 15 is 4.39 Å². The molecular formula is C28H39ClF3N7O3. The lowest BCUT2D eigenvalue weighted by atomic mass is 10.0. The van der Waals surface area contributed by atoms with Gasteiger partial charge in [0.05, 0.1) is 31.1 Å². The number of piperidine rings is 1. The van der Waals surface area contributed by atoms with E-state index in [0.29, 0.717) is 12.8 Å². The Balaban J connectivity index is 0.00000242. The summed E-state index contributed by atoms with van der Waals surface area (Å²) in [5, 5.41) is 5.80. The number of carbonyl (C=O) groups is 2. The number of halogens is 4. The second-order valence-corrected chi connectivity index (χ2v) is 10.7. The summed E-state index contributed by atoms with van der Waals surface area (Å²) in [7, 11) is 4.68. The van der Waals surface area contributed by atoms with Crippen molar-refractivity contribution >= 4 is 47.4 Å². The molecule has 1 saturated carbocycles. The van der Waals surface area contributed by atoms with Crippen molar-refractivity contribution in [1.82, 2.24) is 20.2 Å². The van der Waals surface area contributed by atoms with Crippen molar-refractivity contribution < 1.29 is 27.5 Å². The van der Waals surface area contributed by atoms with Crippen molar-refractivity contribution in [1.29, 1.82) is 0 Å². The quantitative estimate of drug-likeness (QED) is 0.487. The number of hydrogen-bond donors (Lipinski definition) is 2. The normalized spacial score (nSPS) is 19.3. The smallest absolute Gasteiger partial charge is 0.342 e. The van der Waals surface area contributed by atoms with E-state index in [1.165, 1.54) is 31.3 Å². The number of hydrogen-bond acceptors (Lipinski definition) is 8. The molecule has 2 N–H and O–H groups in total. The van der Waals surface area contributed by atoms with Crippen molar-refractivity contribution in [2.75, 3.05) is 56.0 Å². The van der Waals surface area contributed by atoms with Crippen LogP contribution < -0.4 is 25.2 Å². The van der Waals surface area contributed by atoms with Gasteiger partial charge < -0.3 is 30.1 Å². The van der Waals surface area contributed by atoms with Gasteiger partial charge in [0.2, 0.25) is 5.95 Å². The molecule has 3 heterocycles. The zero-order valence-electron chi connectivity index (χ0n) is 23.3. The number of methoxy groups -OCH3 is 1. The van der Waals surface area contributed by atoms with Crippen LogP contribution in [0.4, 0.5) is 36.3 Å². The van der Waals surface area contributed by atoms with Gasteiger partial charge >= 0.3 is 5.92 Å². The van der Waals surface area contributed by atoms with Crippen LogP contribution in [0.3, 0.4) is 0 Å². The average Bonchev–Trinajstić information content (AvgIpc) is 3.45. The van der Waals surface area contributed by atoms with E-state index in [1.807, 2.05) is 7.05 Å². The first-order valence-corrected chi connectivity index (χ1v) is 13.5. The maximum atomic E-state index is 15.2. The minimum absolute atomic E-state index is 0. The van der Waals surface area contributed by atoms with Crippen LogP contribution >= 0.6 is 12.4 Å². The number of ether oxygens (including phenoxy) is 1. The second kappa shape index (κ2) is 13.3. The van der Waals surface area contributed by atoms with Crippen LogP contribution in [0.2, 0.25) is 0 Å². The number of nitrogens with one attached hydrogen (secondary N) is 2. The van der Waals surface area contributed by atoms with Gasteiger partial charge in [-0.25, -0.2) is 9.37 Å². The Morgan fingerprint density at radius 2 is 1.79 bits per heavy atom. The molecule has 0 atom stereocenters. The number of likely N-dealkylation sites (tertiary alicyclic amines) is 1. The van der Waals surface area contributed by atoms with E-state index in [0.717, 1.165) is 49.7 Å². The van der Waals surface area contributed by atoms with Crippen molar-refractivity contribution in [3.05, 3.63) is 29.7 Å². The highest BCUT2D eigenvalue weighted by molar-refractivity contribution is 6.02. The highest BCUT2D eigenvalue weighted by atomic mass is 35.5. The Kier molecular flexibility index (Phi) is 10.5. The first kappa shape index (κ1) is 33.2. The second-order valence-electron chi connectivity index (χ2n) is 10.7. The molecule has 5 rings (SSSR count).